The Labute approximate surface area is 212 Å². The van der Waals surface area contributed by atoms with Crippen LogP contribution >= 0.6 is 23.4 Å². The van der Waals surface area contributed by atoms with E-state index < -0.39 is 0 Å². The van der Waals surface area contributed by atoms with Crippen LogP contribution in [0.15, 0.2) is 89.1 Å². The molecule has 0 bridgehead atoms. The third-order valence-electron chi connectivity index (χ3n) is 5.66. The highest BCUT2D eigenvalue weighted by molar-refractivity contribution is 7.99. The minimum absolute atomic E-state index is 0.173. The summed E-state index contributed by atoms with van der Waals surface area (Å²) < 4.78 is 1.98. The van der Waals surface area contributed by atoms with Gasteiger partial charge in [0.2, 0.25) is 0 Å². The number of amides is 1. The van der Waals surface area contributed by atoms with Gasteiger partial charge in [-0.15, -0.1) is 10.2 Å². The van der Waals surface area contributed by atoms with Gasteiger partial charge in [-0.3, -0.25) is 4.79 Å². The molecule has 4 aromatic carbocycles. The molecule has 0 aliphatic heterocycles. The van der Waals surface area contributed by atoms with Crippen molar-refractivity contribution >= 4 is 57.0 Å². The lowest BCUT2D eigenvalue weighted by Gasteiger charge is -2.08. The maximum atomic E-state index is 12.5. The molecule has 0 aliphatic rings. The summed E-state index contributed by atoms with van der Waals surface area (Å²) in [4.78, 5) is 12.5. The van der Waals surface area contributed by atoms with Crippen LogP contribution in [0.2, 0.25) is 5.02 Å². The molecule has 1 N–H and O–H groups in total. The van der Waals surface area contributed by atoms with Crippen molar-refractivity contribution in [1.82, 2.24) is 20.2 Å². The summed E-state index contributed by atoms with van der Waals surface area (Å²) in [5.74, 6) is 0.703. The highest BCUT2D eigenvalue weighted by Gasteiger charge is 2.14. The zero-order valence-corrected chi connectivity index (χ0v) is 20.6. The van der Waals surface area contributed by atoms with Crippen LogP contribution in [0.1, 0.15) is 12.5 Å². The third kappa shape index (κ3) is 4.92. The van der Waals surface area contributed by atoms with E-state index in [1.165, 1.54) is 11.8 Å². The molecule has 0 radical (unpaired) electrons. The molecule has 1 aromatic heterocycles. The van der Waals surface area contributed by atoms with E-state index in [4.69, 9.17) is 11.6 Å². The number of thioether (sulfide) groups is 1. The van der Waals surface area contributed by atoms with Gasteiger partial charge in [0.25, 0.3) is 5.91 Å². The van der Waals surface area contributed by atoms with E-state index in [-0.39, 0.29) is 11.7 Å². The average molecular weight is 500 g/mol. The summed E-state index contributed by atoms with van der Waals surface area (Å²) in [5, 5.41) is 18.6. The number of nitrogens with zero attached hydrogens (tertiary/aromatic N) is 4. The van der Waals surface area contributed by atoms with Gasteiger partial charge >= 0.3 is 0 Å². The first-order valence-electron chi connectivity index (χ1n) is 11.2. The third-order valence-corrected chi connectivity index (χ3v) is 6.88. The minimum Gasteiger partial charge on any atom is -0.302 e. The molecule has 0 aliphatic carbocycles. The SMILES string of the molecule is CCn1c(SCC(=O)N/N=C/c2c3ccccc3cc3ccccc23)nnc1-c1ccc(Cl)cc1. The van der Waals surface area contributed by atoms with Crippen LogP contribution in [-0.4, -0.2) is 32.6 Å². The number of carbonyl (C=O) groups excluding carboxylic acids is 1. The van der Waals surface area contributed by atoms with Gasteiger partial charge in [-0.25, -0.2) is 5.43 Å². The molecule has 5 aromatic rings. The number of hydrogen-bond acceptors (Lipinski definition) is 5. The van der Waals surface area contributed by atoms with Gasteiger partial charge in [-0.2, -0.15) is 5.10 Å². The first-order chi connectivity index (χ1) is 17.1. The van der Waals surface area contributed by atoms with E-state index in [1.807, 2.05) is 60.0 Å². The average Bonchev–Trinajstić information content (AvgIpc) is 3.30. The molecule has 0 fully saturated rings. The number of carbonyl (C=O) groups is 1. The number of hydrazone groups is 1. The summed E-state index contributed by atoms with van der Waals surface area (Å²) in [6.45, 7) is 2.70. The number of benzene rings is 4. The van der Waals surface area contributed by atoms with E-state index in [0.717, 1.165) is 38.5 Å². The van der Waals surface area contributed by atoms with Crippen LogP contribution in [-0.2, 0) is 11.3 Å². The molecule has 1 heterocycles. The van der Waals surface area contributed by atoms with Gasteiger partial charge in [0.1, 0.15) is 0 Å². The van der Waals surface area contributed by atoms with Gasteiger partial charge in [-0.05, 0) is 58.8 Å². The van der Waals surface area contributed by atoms with Crippen LogP contribution < -0.4 is 5.43 Å². The second kappa shape index (κ2) is 10.3. The van der Waals surface area contributed by atoms with Crippen molar-refractivity contribution in [3.8, 4) is 11.4 Å². The first-order valence-corrected chi connectivity index (χ1v) is 12.5. The minimum atomic E-state index is -0.213. The largest absolute Gasteiger partial charge is 0.302 e. The predicted octanol–water partition coefficient (Wildman–Crippen LogP) is 6.17. The van der Waals surface area contributed by atoms with Crippen molar-refractivity contribution in [3.63, 3.8) is 0 Å². The lowest BCUT2D eigenvalue weighted by atomic mass is 9.97. The fourth-order valence-electron chi connectivity index (χ4n) is 4.01. The topological polar surface area (TPSA) is 72.2 Å². The lowest BCUT2D eigenvalue weighted by Crippen LogP contribution is -2.20. The molecule has 6 nitrogen and oxygen atoms in total. The Kier molecular flexibility index (Phi) is 6.79. The van der Waals surface area contributed by atoms with Crippen LogP contribution in [0.4, 0.5) is 0 Å². The normalized spacial score (nSPS) is 11.5. The predicted molar refractivity (Wildman–Crippen MR) is 144 cm³/mol. The number of fused-ring (bicyclic) bond motifs is 2. The van der Waals surface area contributed by atoms with Crippen LogP contribution in [0.5, 0.6) is 0 Å². The fourth-order valence-corrected chi connectivity index (χ4v) is 4.93. The highest BCUT2D eigenvalue weighted by Crippen LogP contribution is 2.27. The quantitative estimate of drug-likeness (QED) is 0.126. The number of nitrogens with one attached hydrogen (secondary N) is 1. The van der Waals surface area contributed by atoms with E-state index >= 15 is 0 Å². The van der Waals surface area contributed by atoms with Gasteiger partial charge in [-0.1, -0.05) is 71.9 Å². The van der Waals surface area contributed by atoms with E-state index in [2.05, 4.69) is 51.1 Å². The molecule has 0 unspecified atom stereocenters. The van der Waals surface area contributed by atoms with Crippen molar-refractivity contribution in [2.24, 2.45) is 5.10 Å². The van der Waals surface area contributed by atoms with Gasteiger partial charge < -0.3 is 4.57 Å². The summed E-state index contributed by atoms with van der Waals surface area (Å²) in [7, 11) is 0. The number of rotatable bonds is 7. The second-order valence-corrected chi connectivity index (χ2v) is 9.25. The maximum Gasteiger partial charge on any atom is 0.250 e. The van der Waals surface area contributed by atoms with E-state index in [0.29, 0.717) is 16.7 Å². The fraction of sp³-hybridized carbons (Fsp3) is 0.111. The lowest BCUT2D eigenvalue weighted by molar-refractivity contribution is -0.118. The Bertz CT molecular complexity index is 1490. The van der Waals surface area contributed by atoms with Crippen molar-refractivity contribution in [2.45, 2.75) is 18.6 Å². The van der Waals surface area contributed by atoms with Crippen LogP contribution in [0.3, 0.4) is 0 Å². The molecule has 0 saturated heterocycles. The molecule has 174 valence electrons. The Balaban J connectivity index is 1.29. The highest BCUT2D eigenvalue weighted by atomic mass is 35.5. The van der Waals surface area contributed by atoms with Gasteiger partial charge in [0.05, 0.1) is 12.0 Å². The summed E-state index contributed by atoms with van der Waals surface area (Å²) in [5.41, 5.74) is 4.55. The number of aromatic nitrogens is 3. The molecule has 0 saturated carbocycles. The van der Waals surface area contributed by atoms with E-state index in [1.54, 1.807) is 6.21 Å². The van der Waals surface area contributed by atoms with E-state index in [9.17, 15) is 4.79 Å². The number of halogens is 1. The monoisotopic (exact) mass is 499 g/mol. The van der Waals surface area contributed by atoms with Gasteiger partial charge in [0.15, 0.2) is 11.0 Å². The van der Waals surface area contributed by atoms with Gasteiger partial charge in [0, 0.05) is 22.7 Å². The standard InChI is InChI=1S/C27H22ClN5OS/c1-2-33-26(18-11-13-21(28)14-12-18)31-32-27(33)35-17-25(34)30-29-16-24-22-9-5-3-7-19(22)15-20-8-4-6-10-23(20)24/h3-16H,2,17H2,1H3,(H,30,34)/b29-16+. The summed E-state index contributed by atoms with van der Waals surface area (Å²) >= 11 is 7.32. The molecule has 5 rings (SSSR count). The molecule has 8 heteroatoms. The van der Waals surface area contributed by atoms with Crippen molar-refractivity contribution < 1.29 is 4.79 Å². The molecular formula is C27H22ClN5OS. The zero-order valence-electron chi connectivity index (χ0n) is 19.0. The molecule has 0 spiro atoms. The molecule has 1 amide bonds. The maximum absolute atomic E-state index is 12.5. The molecular weight excluding hydrogens is 478 g/mol. The Morgan fingerprint density at radius 1 is 1.00 bits per heavy atom. The zero-order chi connectivity index (χ0) is 24.2. The van der Waals surface area contributed by atoms with Crippen molar-refractivity contribution in [2.75, 3.05) is 5.75 Å². The molecule has 35 heavy (non-hydrogen) atoms. The van der Waals surface area contributed by atoms with Crippen molar-refractivity contribution in [1.29, 1.82) is 0 Å². The smallest absolute Gasteiger partial charge is 0.250 e. The number of hydrogen-bond donors (Lipinski definition) is 1. The summed E-state index contributed by atoms with van der Waals surface area (Å²) in [6, 6.07) is 26.0. The Morgan fingerprint density at radius 3 is 2.31 bits per heavy atom. The Morgan fingerprint density at radius 2 is 1.66 bits per heavy atom. The Hall–Kier alpha value is -3.68. The summed E-state index contributed by atoms with van der Waals surface area (Å²) in [6.07, 6.45) is 1.72. The molecule has 0 atom stereocenters. The van der Waals surface area contributed by atoms with Crippen molar-refractivity contribution in [3.05, 3.63) is 89.4 Å². The van der Waals surface area contributed by atoms with Crippen LogP contribution in [0.25, 0.3) is 32.9 Å². The second-order valence-electron chi connectivity index (χ2n) is 7.87. The first kappa shape index (κ1) is 23.1. The van der Waals surface area contributed by atoms with Crippen LogP contribution in [0, 0.1) is 0 Å².